The van der Waals surface area contributed by atoms with E-state index in [2.05, 4.69) is 21.7 Å². The maximum Gasteiger partial charge on any atom is 0.255 e. The normalized spacial score (nSPS) is 24.2. The lowest BCUT2D eigenvalue weighted by Gasteiger charge is -2.42. The highest BCUT2D eigenvalue weighted by Gasteiger charge is 2.28. The van der Waals surface area contributed by atoms with Crippen molar-refractivity contribution in [3.05, 3.63) is 23.9 Å². The van der Waals surface area contributed by atoms with E-state index in [1.807, 2.05) is 13.0 Å². The highest BCUT2D eigenvalue weighted by Crippen LogP contribution is 2.20. The van der Waals surface area contributed by atoms with Crippen molar-refractivity contribution < 1.29 is 18.3 Å². The van der Waals surface area contributed by atoms with E-state index in [9.17, 15) is 18.3 Å². The van der Waals surface area contributed by atoms with E-state index in [0.717, 1.165) is 31.9 Å². The third-order valence-corrected chi connectivity index (χ3v) is 7.13. The first-order valence-corrected chi connectivity index (χ1v) is 11.7. The van der Waals surface area contributed by atoms with Crippen LogP contribution in [0.15, 0.2) is 18.3 Å². The number of aliphatic hydroxyl groups is 1. The van der Waals surface area contributed by atoms with Crippen molar-refractivity contribution in [3.63, 3.8) is 0 Å². The number of hydrogen-bond donors (Lipinski definition) is 1. The summed E-state index contributed by atoms with van der Waals surface area (Å²) in [4.78, 5) is 23.2. The van der Waals surface area contributed by atoms with E-state index in [0.29, 0.717) is 18.2 Å². The summed E-state index contributed by atoms with van der Waals surface area (Å²) in [7, 11) is -3.01. The number of β-amino-alcohol motifs (C(OH)–C–C–N with tert-alkyl or cyclic N) is 1. The summed E-state index contributed by atoms with van der Waals surface area (Å²) < 4.78 is 23.1. The molecule has 0 saturated carbocycles. The van der Waals surface area contributed by atoms with E-state index < -0.39 is 9.84 Å². The minimum absolute atomic E-state index is 0.0272. The number of carbonyl (C=O) groups is 1. The first kappa shape index (κ1) is 21.0. The second kappa shape index (κ2) is 8.75. The van der Waals surface area contributed by atoms with Gasteiger partial charge in [0.2, 0.25) is 0 Å². The van der Waals surface area contributed by atoms with Crippen LogP contribution >= 0.6 is 0 Å². The van der Waals surface area contributed by atoms with Gasteiger partial charge in [0.25, 0.3) is 5.91 Å². The fourth-order valence-corrected chi connectivity index (χ4v) is 5.07. The van der Waals surface area contributed by atoms with Crippen LogP contribution in [0.4, 0.5) is 5.82 Å². The molecule has 2 aliphatic rings. The maximum atomic E-state index is 12.6. The maximum absolute atomic E-state index is 12.6. The highest BCUT2D eigenvalue weighted by atomic mass is 32.2. The lowest BCUT2D eigenvalue weighted by molar-refractivity contribution is 0.0770. The van der Waals surface area contributed by atoms with Gasteiger partial charge in [0.1, 0.15) is 5.82 Å². The minimum Gasteiger partial charge on any atom is -0.392 e. The molecular weight excluding hydrogens is 380 g/mol. The van der Waals surface area contributed by atoms with Gasteiger partial charge < -0.3 is 14.9 Å². The first-order valence-electron chi connectivity index (χ1n) is 9.92. The molecule has 8 nitrogen and oxygen atoms in total. The van der Waals surface area contributed by atoms with Crippen LogP contribution in [0.3, 0.4) is 0 Å². The predicted molar refractivity (Wildman–Crippen MR) is 108 cm³/mol. The molecule has 2 saturated heterocycles. The Balaban J connectivity index is 1.62. The summed E-state index contributed by atoms with van der Waals surface area (Å²) in [6.07, 6.45) is 2.25. The van der Waals surface area contributed by atoms with Crippen LogP contribution in [0.5, 0.6) is 0 Å². The first-order chi connectivity index (χ1) is 13.3. The molecular formula is C19H30N4O4S. The molecule has 2 atom stereocenters. The Morgan fingerprint density at radius 3 is 2.54 bits per heavy atom. The van der Waals surface area contributed by atoms with Crippen molar-refractivity contribution in [2.45, 2.75) is 32.4 Å². The van der Waals surface area contributed by atoms with Gasteiger partial charge in [0.15, 0.2) is 9.84 Å². The van der Waals surface area contributed by atoms with Gasteiger partial charge in [-0.2, -0.15) is 0 Å². The Labute approximate surface area is 167 Å². The Hall–Kier alpha value is -1.71. The number of pyridine rings is 1. The lowest BCUT2D eigenvalue weighted by atomic mass is 10.1. The predicted octanol–water partition coefficient (Wildman–Crippen LogP) is 0.234. The van der Waals surface area contributed by atoms with E-state index in [1.165, 1.54) is 0 Å². The van der Waals surface area contributed by atoms with Crippen molar-refractivity contribution in [1.82, 2.24) is 14.8 Å². The second-order valence-electron chi connectivity index (χ2n) is 7.70. The van der Waals surface area contributed by atoms with Crippen molar-refractivity contribution in [2.75, 3.05) is 55.7 Å². The average molecular weight is 411 g/mol. The van der Waals surface area contributed by atoms with Crippen LogP contribution in [0.1, 0.15) is 30.6 Å². The molecule has 0 aliphatic carbocycles. The van der Waals surface area contributed by atoms with Crippen LogP contribution in [0, 0.1) is 0 Å². The fourth-order valence-electron chi connectivity index (χ4n) is 3.87. The fraction of sp³-hybridized carbons (Fsp3) is 0.684. The van der Waals surface area contributed by atoms with Crippen molar-refractivity contribution in [2.24, 2.45) is 0 Å². The monoisotopic (exact) mass is 410 g/mol. The molecule has 0 aromatic carbocycles. The molecule has 28 heavy (non-hydrogen) atoms. The number of rotatable bonds is 5. The van der Waals surface area contributed by atoms with Crippen LogP contribution in [0.25, 0.3) is 0 Å². The van der Waals surface area contributed by atoms with Crippen LogP contribution in [-0.2, 0) is 9.84 Å². The van der Waals surface area contributed by atoms with Gasteiger partial charge in [-0.15, -0.1) is 0 Å². The van der Waals surface area contributed by atoms with E-state index in [1.54, 1.807) is 17.2 Å². The van der Waals surface area contributed by atoms with Gasteiger partial charge in [-0.3, -0.25) is 9.69 Å². The van der Waals surface area contributed by atoms with Crippen molar-refractivity contribution >= 4 is 21.6 Å². The van der Waals surface area contributed by atoms with Crippen LogP contribution < -0.4 is 4.90 Å². The Bertz CT molecular complexity index is 768. The number of carbonyl (C=O) groups excluding carboxylic acids is 1. The summed E-state index contributed by atoms with van der Waals surface area (Å²) >= 11 is 0. The number of piperazine rings is 1. The number of hydrogen-bond acceptors (Lipinski definition) is 7. The van der Waals surface area contributed by atoms with Gasteiger partial charge in [-0.05, 0) is 25.5 Å². The summed E-state index contributed by atoms with van der Waals surface area (Å²) in [5, 5.41) is 9.68. The molecule has 156 valence electrons. The van der Waals surface area contributed by atoms with Gasteiger partial charge in [0, 0.05) is 51.5 Å². The molecule has 0 spiro atoms. The Kier molecular flexibility index (Phi) is 6.57. The number of nitrogens with zero attached hydrogens (tertiary/aromatic N) is 4. The smallest absolute Gasteiger partial charge is 0.255 e. The average Bonchev–Trinajstić information content (AvgIpc) is 2.67. The van der Waals surface area contributed by atoms with Crippen molar-refractivity contribution in [3.8, 4) is 0 Å². The topological polar surface area (TPSA) is 94.1 Å². The van der Waals surface area contributed by atoms with Gasteiger partial charge in [-0.25, -0.2) is 13.4 Å². The summed E-state index contributed by atoms with van der Waals surface area (Å²) in [6, 6.07) is 4.00. The zero-order valence-corrected chi connectivity index (χ0v) is 17.4. The molecule has 2 aliphatic heterocycles. The van der Waals surface area contributed by atoms with Crippen LogP contribution in [0.2, 0.25) is 0 Å². The van der Waals surface area contributed by atoms with E-state index >= 15 is 0 Å². The molecule has 1 aromatic heterocycles. The third-order valence-electron chi connectivity index (χ3n) is 5.53. The van der Waals surface area contributed by atoms with Gasteiger partial charge in [-0.1, -0.05) is 6.92 Å². The quantitative estimate of drug-likeness (QED) is 0.743. The number of aromatic nitrogens is 1. The van der Waals surface area contributed by atoms with Crippen LogP contribution in [-0.4, -0.2) is 97.1 Å². The minimum atomic E-state index is -3.01. The zero-order valence-electron chi connectivity index (χ0n) is 16.6. The standard InChI is InChI=1S/C19H30N4O4S/c1-3-17-14-23(7-6-22(17)13-15(2)24)18-5-4-16(12-20-18)19(25)21-8-10-28(26,27)11-9-21/h4-5,12,15,17,24H,3,6-11,13-14H2,1-2H3. The highest BCUT2D eigenvalue weighted by molar-refractivity contribution is 7.91. The Morgan fingerprint density at radius 1 is 1.25 bits per heavy atom. The number of anilines is 1. The Morgan fingerprint density at radius 2 is 1.96 bits per heavy atom. The molecule has 2 unspecified atom stereocenters. The molecule has 3 rings (SSSR count). The molecule has 3 heterocycles. The number of sulfone groups is 1. The van der Waals surface area contributed by atoms with Crippen molar-refractivity contribution in [1.29, 1.82) is 0 Å². The third kappa shape index (κ3) is 5.01. The molecule has 2 fully saturated rings. The van der Waals surface area contributed by atoms with E-state index in [-0.39, 0.29) is 36.6 Å². The van der Waals surface area contributed by atoms with Gasteiger partial charge in [0.05, 0.1) is 23.2 Å². The second-order valence-corrected chi connectivity index (χ2v) is 10.0. The molecule has 1 aromatic rings. The summed E-state index contributed by atoms with van der Waals surface area (Å²) in [5.74, 6) is 0.730. The molecule has 0 bridgehead atoms. The summed E-state index contributed by atoms with van der Waals surface area (Å²) in [5.41, 5.74) is 0.489. The zero-order chi connectivity index (χ0) is 20.3. The molecule has 0 radical (unpaired) electrons. The molecule has 1 N–H and O–H groups in total. The number of amides is 1. The van der Waals surface area contributed by atoms with Gasteiger partial charge >= 0.3 is 0 Å². The van der Waals surface area contributed by atoms with E-state index in [4.69, 9.17) is 0 Å². The SMILES string of the molecule is CCC1CN(c2ccc(C(=O)N3CCS(=O)(=O)CC3)cn2)CCN1CC(C)O. The summed E-state index contributed by atoms with van der Waals surface area (Å²) in [6.45, 7) is 7.66. The molecule has 1 amide bonds. The lowest BCUT2D eigenvalue weighted by Crippen LogP contribution is -2.54. The largest absolute Gasteiger partial charge is 0.392 e. The number of aliphatic hydroxyl groups excluding tert-OH is 1. The molecule has 9 heteroatoms.